The minimum absolute atomic E-state index is 0.590. The third kappa shape index (κ3) is 1.54. The van der Waals surface area contributed by atoms with E-state index in [0.717, 1.165) is 5.69 Å². The average Bonchev–Trinajstić information content (AvgIpc) is 2.67. The highest BCUT2D eigenvalue weighted by Gasteiger charge is 2.04. The van der Waals surface area contributed by atoms with Crippen LogP contribution in [0.5, 0.6) is 0 Å². The summed E-state index contributed by atoms with van der Waals surface area (Å²) in [6.45, 7) is 0. The fourth-order valence-corrected chi connectivity index (χ4v) is 1.23. The van der Waals surface area contributed by atoms with E-state index in [4.69, 9.17) is 11.6 Å². The lowest BCUT2D eigenvalue weighted by Crippen LogP contribution is -2.02. The van der Waals surface area contributed by atoms with Gasteiger partial charge in [-0.05, 0) is 34.7 Å². The van der Waals surface area contributed by atoms with Gasteiger partial charge in [0.15, 0.2) is 0 Å². The van der Waals surface area contributed by atoms with Gasteiger partial charge in [-0.2, -0.15) is 4.68 Å². The van der Waals surface area contributed by atoms with Gasteiger partial charge in [-0.1, -0.05) is 16.7 Å². The molecule has 0 unspecified atom stereocenters. The minimum atomic E-state index is 0.590. The molecule has 72 valence electrons. The van der Waals surface area contributed by atoms with Gasteiger partial charge in [0.1, 0.15) is 0 Å². The highest BCUT2D eigenvalue weighted by Crippen LogP contribution is 2.14. The first-order chi connectivity index (χ1) is 6.81. The van der Waals surface area contributed by atoms with Crippen LogP contribution in [0.25, 0.3) is 5.69 Å². The largest absolute Gasteiger partial charge is 0.356 e. The van der Waals surface area contributed by atoms with Crippen LogP contribution in [0.3, 0.4) is 0 Å². The molecule has 0 aliphatic rings. The van der Waals surface area contributed by atoms with Crippen molar-refractivity contribution in [2.45, 2.75) is 0 Å². The normalized spacial score (nSPS) is 10.1. The maximum atomic E-state index is 5.77. The summed E-state index contributed by atoms with van der Waals surface area (Å²) >= 11 is 5.77. The molecule has 0 spiro atoms. The van der Waals surface area contributed by atoms with E-state index in [1.54, 1.807) is 23.9 Å². The predicted octanol–water partition coefficient (Wildman–Crippen LogP) is 1.36. The van der Waals surface area contributed by atoms with Crippen LogP contribution in [0.4, 0.5) is 5.95 Å². The van der Waals surface area contributed by atoms with Crippen molar-refractivity contribution in [1.29, 1.82) is 0 Å². The molecular weight excluding hydrogens is 202 g/mol. The topological polar surface area (TPSA) is 55.6 Å². The van der Waals surface area contributed by atoms with E-state index in [1.165, 1.54) is 0 Å². The van der Waals surface area contributed by atoms with Gasteiger partial charge in [-0.15, -0.1) is 0 Å². The van der Waals surface area contributed by atoms with Gasteiger partial charge >= 0.3 is 0 Å². The smallest absolute Gasteiger partial charge is 0.247 e. The molecule has 2 rings (SSSR count). The molecule has 0 fully saturated rings. The average molecular weight is 210 g/mol. The fraction of sp³-hybridized carbons (Fsp3) is 0.125. The Kier molecular flexibility index (Phi) is 2.32. The number of anilines is 1. The van der Waals surface area contributed by atoms with Gasteiger partial charge in [-0.25, -0.2) is 0 Å². The minimum Gasteiger partial charge on any atom is -0.356 e. The summed E-state index contributed by atoms with van der Waals surface area (Å²) in [6.07, 6.45) is 0. The Balaban J connectivity index is 2.44. The second-order valence-corrected chi connectivity index (χ2v) is 3.08. The molecule has 1 N–H and O–H groups in total. The van der Waals surface area contributed by atoms with E-state index in [9.17, 15) is 0 Å². The van der Waals surface area contributed by atoms with Crippen molar-refractivity contribution in [3.05, 3.63) is 29.3 Å². The third-order valence-electron chi connectivity index (χ3n) is 1.76. The number of rotatable bonds is 2. The molecule has 6 heteroatoms. The van der Waals surface area contributed by atoms with Crippen molar-refractivity contribution in [3.8, 4) is 5.69 Å². The lowest BCUT2D eigenvalue weighted by molar-refractivity contribution is 0.791. The summed E-state index contributed by atoms with van der Waals surface area (Å²) in [5, 5.41) is 14.8. The summed E-state index contributed by atoms with van der Waals surface area (Å²) in [7, 11) is 1.76. The first kappa shape index (κ1) is 8.96. The second-order valence-electron chi connectivity index (χ2n) is 2.64. The number of halogens is 1. The summed E-state index contributed by atoms with van der Waals surface area (Å²) in [5.74, 6) is 0.590. The van der Waals surface area contributed by atoms with Crippen LogP contribution in [0.1, 0.15) is 0 Å². The van der Waals surface area contributed by atoms with Gasteiger partial charge in [0.2, 0.25) is 5.95 Å². The van der Waals surface area contributed by atoms with Crippen LogP contribution in [0.2, 0.25) is 5.02 Å². The lowest BCUT2D eigenvalue weighted by atomic mass is 10.3. The van der Waals surface area contributed by atoms with E-state index < -0.39 is 0 Å². The highest BCUT2D eigenvalue weighted by molar-refractivity contribution is 6.30. The fourth-order valence-electron chi connectivity index (χ4n) is 1.10. The number of tetrazole rings is 1. The maximum absolute atomic E-state index is 5.77. The number of nitrogens with one attached hydrogen (secondary N) is 1. The van der Waals surface area contributed by atoms with Gasteiger partial charge in [0, 0.05) is 12.1 Å². The van der Waals surface area contributed by atoms with Crippen LogP contribution < -0.4 is 5.32 Å². The van der Waals surface area contributed by atoms with Crippen molar-refractivity contribution in [2.24, 2.45) is 0 Å². The molecule has 1 heterocycles. The van der Waals surface area contributed by atoms with Gasteiger partial charge in [-0.3, -0.25) is 0 Å². The van der Waals surface area contributed by atoms with Crippen LogP contribution in [0.15, 0.2) is 24.3 Å². The van der Waals surface area contributed by atoms with Crippen molar-refractivity contribution in [1.82, 2.24) is 20.2 Å². The molecule has 0 radical (unpaired) electrons. The van der Waals surface area contributed by atoms with E-state index in [1.807, 2.05) is 12.1 Å². The molecule has 0 saturated carbocycles. The van der Waals surface area contributed by atoms with Gasteiger partial charge in [0.05, 0.1) is 5.69 Å². The molecule has 1 aromatic carbocycles. The van der Waals surface area contributed by atoms with E-state index in [0.29, 0.717) is 11.0 Å². The van der Waals surface area contributed by atoms with E-state index >= 15 is 0 Å². The molecule has 14 heavy (non-hydrogen) atoms. The highest BCUT2D eigenvalue weighted by atomic mass is 35.5. The monoisotopic (exact) mass is 209 g/mol. The van der Waals surface area contributed by atoms with Crippen molar-refractivity contribution in [2.75, 3.05) is 12.4 Å². The molecule has 0 atom stereocenters. The number of benzene rings is 1. The van der Waals surface area contributed by atoms with E-state index in [2.05, 4.69) is 20.8 Å². The zero-order chi connectivity index (χ0) is 9.97. The maximum Gasteiger partial charge on any atom is 0.247 e. The Hall–Kier alpha value is -1.62. The van der Waals surface area contributed by atoms with Crippen molar-refractivity contribution < 1.29 is 0 Å². The molecule has 0 aliphatic heterocycles. The molecule has 0 bridgehead atoms. The molecular formula is C8H8ClN5. The predicted molar refractivity (Wildman–Crippen MR) is 53.7 cm³/mol. The molecule has 0 aliphatic carbocycles. The van der Waals surface area contributed by atoms with Gasteiger partial charge < -0.3 is 5.32 Å². The summed E-state index contributed by atoms with van der Waals surface area (Å²) in [6, 6.07) is 7.27. The molecule has 1 aromatic heterocycles. The second kappa shape index (κ2) is 3.63. The summed E-state index contributed by atoms with van der Waals surface area (Å²) in [5.41, 5.74) is 0.865. The summed E-state index contributed by atoms with van der Waals surface area (Å²) < 4.78 is 1.59. The zero-order valence-electron chi connectivity index (χ0n) is 7.48. The zero-order valence-corrected chi connectivity index (χ0v) is 8.23. The van der Waals surface area contributed by atoms with E-state index in [-0.39, 0.29) is 0 Å². The SMILES string of the molecule is CNc1nnnn1-c1ccc(Cl)cc1. The van der Waals surface area contributed by atoms with Crippen LogP contribution in [0, 0.1) is 0 Å². The standard InChI is InChI=1S/C8H8ClN5/c1-10-8-11-12-13-14(8)7-4-2-6(9)3-5-7/h2-5H,1H3,(H,10,11,13). The van der Waals surface area contributed by atoms with Crippen molar-refractivity contribution >= 4 is 17.5 Å². The number of hydrogen-bond acceptors (Lipinski definition) is 4. The third-order valence-corrected chi connectivity index (χ3v) is 2.02. The number of aromatic nitrogens is 4. The van der Waals surface area contributed by atoms with Crippen LogP contribution in [-0.2, 0) is 0 Å². The molecule has 5 nitrogen and oxygen atoms in total. The Morgan fingerprint density at radius 1 is 1.29 bits per heavy atom. The Bertz CT molecular complexity index is 422. The Morgan fingerprint density at radius 2 is 2.00 bits per heavy atom. The first-order valence-electron chi connectivity index (χ1n) is 4.03. The van der Waals surface area contributed by atoms with Crippen LogP contribution >= 0.6 is 11.6 Å². The van der Waals surface area contributed by atoms with Crippen molar-refractivity contribution in [3.63, 3.8) is 0 Å². The molecule has 2 aromatic rings. The Morgan fingerprint density at radius 3 is 2.64 bits per heavy atom. The van der Waals surface area contributed by atoms with Crippen LogP contribution in [-0.4, -0.2) is 27.3 Å². The first-order valence-corrected chi connectivity index (χ1v) is 4.41. The quantitative estimate of drug-likeness (QED) is 0.812. The number of hydrogen-bond donors (Lipinski definition) is 1. The lowest BCUT2D eigenvalue weighted by Gasteiger charge is -2.02. The summed E-state index contributed by atoms with van der Waals surface area (Å²) in [4.78, 5) is 0. The Labute approximate surface area is 85.7 Å². The van der Waals surface area contributed by atoms with Gasteiger partial charge in [0.25, 0.3) is 0 Å². The molecule has 0 amide bonds. The number of nitrogens with zero attached hydrogens (tertiary/aromatic N) is 4. The molecule has 0 saturated heterocycles.